The van der Waals surface area contributed by atoms with E-state index in [9.17, 15) is 4.21 Å². The van der Waals surface area contributed by atoms with E-state index in [1.165, 1.54) is 0 Å². The summed E-state index contributed by atoms with van der Waals surface area (Å²) in [5.74, 6) is 1.77. The average molecular weight is 193 g/mol. The maximum absolute atomic E-state index is 11.6. The molecule has 4 heteroatoms. The molecule has 1 rings (SSSR count). The normalized spacial score (nSPS) is 26.8. The molecule has 74 valence electrons. The topological polar surface area (TPSA) is 29.5 Å². The molecule has 0 atom stereocenters. The van der Waals surface area contributed by atoms with E-state index in [2.05, 4.69) is 4.90 Å². The molecule has 0 saturated carbocycles. The Hall–Kier alpha value is 0.0700. The van der Waals surface area contributed by atoms with Crippen LogP contribution in [0.2, 0.25) is 0 Å². The van der Waals surface area contributed by atoms with Crippen LogP contribution in [0, 0.1) is 0 Å². The van der Waals surface area contributed by atoms with Crippen LogP contribution in [0.25, 0.3) is 0 Å². The fraction of sp³-hybridized carbons (Fsp3) is 1.00. The highest BCUT2D eigenvalue weighted by Gasteiger charge is 2.18. The van der Waals surface area contributed by atoms with Crippen molar-refractivity contribution in [1.82, 2.24) is 4.90 Å². The first-order valence-electron chi connectivity index (χ1n) is 4.41. The van der Waals surface area contributed by atoms with E-state index < -0.39 is 9.93 Å². The Balaban J connectivity index is 2.22. The molecule has 0 radical (unpaired) electrons. The molecule has 0 unspecified atom stereocenters. The summed E-state index contributed by atoms with van der Waals surface area (Å²) in [5.41, 5.74) is 0. The van der Waals surface area contributed by atoms with Gasteiger partial charge in [-0.3, -0.25) is 9.11 Å². The lowest BCUT2D eigenvalue weighted by Crippen LogP contribution is -2.44. The Morgan fingerprint density at radius 3 is 2.50 bits per heavy atom. The van der Waals surface area contributed by atoms with Crippen LogP contribution in [-0.4, -0.2) is 60.2 Å². The first-order chi connectivity index (χ1) is 5.64. The van der Waals surface area contributed by atoms with Gasteiger partial charge in [0.15, 0.2) is 0 Å². The molecule has 0 aliphatic carbocycles. The maximum atomic E-state index is 11.6. The molecule has 0 bridgehead atoms. The predicted octanol–water partition coefficient (Wildman–Crippen LogP) is -0.405. The Morgan fingerprint density at radius 2 is 2.00 bits per heavy atom. The molecule has 1 heterocycles. The van der Waals surface area contributed by atoms with Crippen molar-refractivity contribution in [2.75, 3.05) is 51.1 Å². The lowest BCUT2D eigenvalue weighted by atomic mass is 10.5. The summed E-state index contributed by atoms with van der Waals surface area (Å²) in [5, 5.41) is 0. The molecule has 0 aromatic rings. The lowest BCUT2D eigenvalue weighted by Gasteiger charge is -2.32. The highest BCUT2D eigenvalue weighted by atomic mass is 32.2. The Kier molecular flexibility index (Phi) is 3.68. The van der Waals surface area contributed by atoms with Crippen molar-refractivity contribution in [3.63, 3.8) is 0 Å². The summed E-state index contributed by atoms with van der Waals surface area (Å²) in [6, 6.07) is 0. The van der Waals surface area contributed by atoms with Crippen LogP contribution in [0.15, 0.2) is 0 Å². The molecular weight excluding hydrogens is 174 g/mol. The van der Waals surface area contributed by atoms with Crippen LogP contribution in [-0.2, 0) is 14.7 Å². The van der Waals surface area contributed by atoms with Crippen molar-refractivity contribution in [1.29, 1.82) is 0 Å². The molecule has 1 aliphatic heterocycles. The van der Waals surface area contributed by atoms with E-state index in [4.69, 9.17) is 4.74 Å². The lowest BCUT2D eigenvalue weighted by molar-refractivity contribution is 0.153. The molecule has 0 N–H and O–H groups in total. The Morgan fingerprint density at radius 1 is 1.42 bits per heavy atom. The third-order valence-corrected chi connectivity index (χ3v) is 4.68. The van der Waals surface area contributed by atoms with Crippen LogP contribution in [0.3, 0.4) is 0 Å². The van der Waals surface area contributed by atoms with E-state index in [-0.39, 0.29) is 0 Å². The molecular formula is C8H19NO2S. The van der Waals surface area contributed by atoms with Gasteiger partial charge in [-0.2, -0.15) is 0 Å². The highest BCUT2D eigenvalue weighted by Crippen LogP contribution is 2.07. The van der Waals surface area contributed by atoms with Gasteiger partial charge in [0.05, 0.1) is 6.61 Å². The van der Waals surface area contributed by atoms with Gasteiger partial charge in [-0.25, -0.2) is 0 Å². The van der Waals surface area contributed by atoms with Crippen molar-refractivity contribution in [3.05, 3.63) is 0 Å². The van der Waals surface area contributed by atoms with Gasteiger partial charge in [0.2, 0.25) is 0 Å². The number of hydrogen-bond donors (Lipinski definition) is 1. The first kappa shape index (κ1) is 10.2. The van der Waals surface area contributed by atoms with Gasteiger partial charge in [0.25, 0.3) is 0 Å². The molecule has 0 spiro atoms. The van der Waals surface area contributed by atoms with E-state index >= 15 is 0 Å². The van der Waals surface area contributed by atoms with E-state index in [1.54, 1.807) is 7.11 Å². The number of thiol groups is 1. The third kappa shape index (κ3) is 3.21. The molecule has 12 heavy (non-hydrogen) atoms. The first-order valence-corrected chi connectivity index (χ1v) is 6.93. The van der Waals surface area contributed by atoms with Crippen molar-refractivity contribution in [2.45, 2.75) is 0 Å². The molecule has 0 aromatic heterocycles. The van der Waals surface area contributed by atoms with Crippen LogP contribution >= 0.6 is 0 Å². The molecule has 1 saturated heterocycles. The van der Waals surface area contributed by atoms with Gasteiger partial charge in [0, 0.05) is 38.2 Å². The molecule has 1 fully saturated rings. The summed E-state index contributed by atoms with van der Waals surface area (Å²) < 4.78 is 16.6. The zero-order chi connectivity index (χ0) is 9.03. The SMILES string of the molecule is COCCN1CC[SH](C)(=O)CC1. The van der Waals surface area contributed by atoms with Crippen molar-refractivity contribution in [3.8, 4) is 0 Å². The van der Waals surface area contributed by atoms with E-state index in [0.29, 0.717) is 0 Å². The molecule has 0 amide bonds. The van der Waals surface area contributed by atoms with Crippen LogP contribution in [0.1, 0.15) is 0 Å². The van der Waals surface area contributed by atoms with Crippen LogP contribution < -0.4 is 0 Å². The van der Waals surface area contributed by atoms with Gasteiger partial charge >= 0.3 is 0 Å². The zero-order valence-electron chi connectivity index (χ0n) is 7.95. The van der Waals surface area contributed by atoms with Crippen LogP contribution in [0.4, 0.5) is 0 Å². The monoisotopic (exact) mass is 193 g/mol. The van der Waals surface area contributed by atoms with Gasteiger partial charge < -0.3 is 4.74 Å². The number of ether oxygens (including phenoxy) is 1. The van der Waals surface area contributed by atoms with Crippen molar-refractivity contribution < 1.29 is 8.95 Å². The van der Waals surface area contributed by atoms with Crippen molar-refractivity contribution >= 4 is 9.93 Å². The predicted molar refractivity (Wildman–Crippen MR) is 53.5 cm³/mol. The number of rotatable bonds is 3. The average Bonchev–Trinajstić information content (AvgIpc) is 2.03. The second-order valence-electron chi connectivity index (χ2n) is 3.58. The Labute approximate surface area is 75.5 Å². The fourth-order valence-corrected chi connectivity index (χ4v) is 3.01. The smallest absolute Gasteiger partial charge is 0.0589 e. The largest absolute Gasteiger partial charge is 0.383 e. The zero-order valence-corrected chi connectivity index (χ0v) is 8.85. The number of hydrogen-bond acceptors (Lipinski definition) is 3. The summed E-state index contributed by atoms with van der Waals surface area (Å²) in [6.07, 6.45) is 1.92. The Bertz CT molecular complexity index is 172. The van der Waals surface area contributed by atoms with Crippen LogP contribution in [0.5, 0.6) is 0 Å². The maximum Gasteiger partial charge on any atom is 0.0589 e. The molecule has 1 aliphatic rings. The van der Waals surface area contributed by atoms with E-state index in [1.807, 2.05) is 6.26 Å². The van der Waals surface area contributed by atoms with Gasteiger partial charge in [-0.05, 0) is 6.26 Å². The quantitative estimate of drug-likeness (QED) is 0.618. The fourth-order valence-electron chi connectivity index (χ4n) is 1.37. The van der Waals surface area contributed by atoms with E-state index in [0.717, 1.165) is 37.7 Å². The summed E-state index contributed by atoms with van der Waals surface area (Å²) in [6.45, 7) is 3.73. The summed E-state index contributed by atoms with van der Waals surface area (Å²) >= 11 is 0. The molecule has 0 aromatic carbocycles. The standard InChI is InChI=1S/C8H19NO2S/c1-11-6-3-9-4-7-12(2,10)8-5-9/h12H,3-8H2,1-2H3. The minimum atomic E-state index is -1.74. The van der Waals surface area contributed by atoms with Crippen molar-refractivity contribution in [2.24, 2.45) is 0 Å². The van der Waals surface area contributed by atoms with Gasteiger partial charge in [-0.15, -0.1) is 9.93 Å². The second kappa shape index (κ2) is 4.35. The highest BCUT2D eigenvalue weighted by molar-refractivity contribution is 8.02. The molecule has 3 nitrogen and oxygen atoms in total. The van der Waals surface area contributed by atoms with Gasteiger partial charge in [0.1, 0.15) is 0 Å². The minimum Gasteiger partial charge on any atom is -0.383 e. The minimum absolute atomic E-state index is 0.786. The number of methoxy groups -OCH3 is 1. The summed E-state index contributed by atoms with van der Waals surface area (Å²) in [4.78, 5) is 2.32. The summed E-state index contributed by atoms with van der Waals surface area (Å²) in [7, 11) is -0.0217. The second-order valence-corrected chi connectivity index (χ2v) is 7.07. The number of nitrogens with zero attached hydrogens (tertiary/aromatic N) is 1. The third-order valence-electron chi connectivity index (χ3n) is 2.39. The van der Waals surface area contributed by atoms with Gasteiger partial charge in [-0.1, -0.05) is 0 Å².